The summed E-state index contributed by atoms with van der Waals surface area (Å²) < 4.78 is 49.2. The number of hydrogen-bond donors (Lipinski definition) is 4. The number of likely N-dealkylation sites (tertiary alicyclic amines) is 1. The molecule has 7 heterocycles. The predicted octanol–water partition coefficient (Wildman–Crippen LogP) is 8.23. The number of nitrogens with zero attached hydrogens (tertiary/aromatic N) is 5. The molecule has 17 nitrogen and oxygen atoms in total. The first-order valence-corrected chi connectivity index (χ1v) is 27.3. The number of amides is 1. The Bertz CT molecular complexity index is 2950. The number of piperidine rings is 1. The number of fused-ring (bicyclic) bond motifs is 3. The molecule has 4 atom stereocenters. The quantitative estimate of drug-likeness (QED) is 0.0687. The van der Waals surface area contributed by atoms with Crippen molar-refractivity contribution in [2.45, 2.75) is 113 Å². The van der Waals surface area contributed by atoms with Crippen LogP contribution in [-0.4, -0.2) is 122 Å². The molecule has 0 unspecified atom stereocenters. The fourth-order valence-corrected chi connectivity index (χ4v) is 13.5. The third-order valence-corrected chi connectivity index (χ3v) is 18.0. The number of sulfonamides is 1. The number of carbonyl (C=O) groups excluding carboxylic acids is 1. The predicted molar refractivity (Wildman–Crippen MR) is 275 cm³/mol. The van der Waals surface area contributed by atoms with Crippen LogP contribution in [0.5, 0.6) is 5.88 Å². The maximum atomic E-state index is 14.7. The Hall–Kier alpha value is -5.79. The van der Waals surface area contributed by atoms with Crippen LogP contribution in [0.4, 0.5) is 28.4 Å². The number of aromatic amines is 1. The summed E-state index contributed by atoms with van der Waals surface area (Å²) in [6, 6.07) is 22.1. The fourth-order valence-electron chi connectivity index (χ4n) is 12.5. The first-order valence-electron chi connectivity index (χ1n) is 25.8. The van der Waals surface area contributed by atoms with E-state index >= 15 is 0 Å². The minimum absolute atomic E-state index is 0.113. The first kappa shape index (κ1) is 48.5. The number of rotatable bonds is 12. The van der Waals surface area contributed by atoms with Crippen LogP contribution in [0.15, 0.2) is 83.9 Å². The van der Waals surface area contributed by atoms with Crippen LogP contribution in [0, 0.1) is 21.4 Å². The lowest BCUT2D eigenvalue weighted by Gasteiger charge is -2.58. The molecule has 6 aliphatic rings. The molecular weight excluding hydrogens is 937 g/mol. The van der Waals surface area contributed by atoms with E-state index in [2.05, 4.69) is 67.8 Å². The number of aromatic nitrogens is 2. The summed E-state index contributed by atoms with van der Waals surface area (Å²) in [5.74, 6) is 0.457. The van der Waals surface area contributed by atoms with Gasteiger partial charge in [-0.15, -0.1) is 0 Å². The van der Waals surface area contributed by atoms with Crippen molar-refractivity contribution in [2.75, 3.05) is 74.3 Å². The largest absolute Gasteiger partial charge is 0.468 e. The van der Waals surface area contributed by atoms with E-state index in [4.69, 9.17) is 19.2 Å². The fraction of sp³-hybridized carbons (Fsp3) is 0.519. The van der Waals surface area contributed by atoms with Crippen molar-refractivity contribution in [3.05, 3.63) is 106 Å². The van der Waals surface area contributed by atoms with E-state index in [-0.39, 0.29) is 28.6 Å². The first-order chi connectivity index (χ1) is 34.6. The molecule has 5 fully saturated rings. The van der Waals surface area contributed by atoms with Gasteiger partial charge in [-0.25, -0.2) is 13.1 Å². The van der Waals surface area contributed by atoms with Crippen molar-refractivity contribution in [2.24, 2.45) is 11.3 Å². The molecular formula is C54H66N8O9S. The maximum absolute atomic E-state index is 14.7. The van der Waals surface area contributed by atoms with Gasteiger partial charge < -0.3 is 39.4 Å². The number of pyridine rings is 1. The summed E-state index contributed by atoms with van der Waals surface area (Å²) in [6.07, 6.45) is 7.78. The monoisotopic (exact) mass is 1000 g/mol. The van der Waals surface area contributed by atoms with Crippen molar-refractivity contribution in [3.8, 4) is 5.88 Å². The summed E-state index contributed by atoms with van der Waals surface area (Å²) >= 11 is 0. The zero-order valence-electron chi connectivity index (χ0n) is 41.3. The third kappa shape index (κ3) is 9.40. The molecule has 5 aliphatic heterocycles. The van der Waals surface area contributed by atoms with Gasteiger partial charge in [-0.1, -0.05) is 38.1 Å². The van der Waals surface area contributed by atoms with E-state index in [1.807, 2.05) is 37.4 Å². The van der Waals surface area contributed by atoms with Crippen LogP contribution in [0.2, 0.25) is 0 Å². The number of nitrogens with one attached hydrogen (secondary N) is 3. The Morgan fingerprint density at radius 1 is 0.931 bits per heavy atom. The number of nitro groups is 1. The Morgan fingerprint density at radius 2 is 1.68 bits per heavy atom. The average molecular weight is 1000 g/mol. The summed E-state index contributed by atoms with van der Waals surface area (Å²) in [5, 5.41) is 26.8. The SMILES string of the molecule is CC(C)c1ccccc1[C@@H]1COCC[C@@H]1N1CC2(CCN(c3ccc(C(=O)NS(=O)(=O)c4ccc(NC[C@H]5CC[C@](C)(O)CC5)c([N+](=O)[O-])c4)c(N4c5cc6cc[nH]c6nc5O[C@H]5COCC[C@@H]54)c3)CC2)C1. The van der Waals surface area contributed by atoms with Gasteiger partial charge in [0.2, 0.25) is 5.88 Å². The van der Waals surface area contributed by atoms with E-state index in [0.717, 1.165) is 88.6 Å². The van der Waals surface area contributed by atoms with Gasteiger partial charge in [-0.05, 0) is 129 Å². The average Bonchev–Trinajstić information content (AvgIpc) is 3.83. The Morgan fingerprint density at radius 3 is 2.44 bits per heavy atom. The lowest BCUT2D eigenvalue weighted by Crippen LogP contribution is -2.64. The van der Waals surface area contributed by atoms with Crippen LogP contribution in [0.3, 0.4) is 0 Å². The highest BCUT2D eigenvalue weighted by molar-refractivity contribution is 7.90. The van der Waals surface area contributed by atoms with Crippen LogP contribution in [0.25, 0.3) is 11.0 Å². The number of hydrogen-bond acceptors (Lipinski definition) is 14. The van der Waals surface area contributed by atoms with E-state index in [0.29, 0.717) is 79.8 Å². The van der Waals surface area contributed by atoms with Crippen LogP contribution in [-0.2, 0) is 19.5 Å². The molecule has 1 amide bonds. The topological polar surface area (TPSA) is 205 Å². The Kier molecular flexibility index (Phi) is 13.0. The van der Waals surface area contributed by atoms with Crippen molar-refractivity contribution >= 4 is 55.4 Å². The second kappa shape index (κ2) is 19.2. The minimum atomic E-state index is -4.62. The van der Waals surface area contributed by atoms with Gasteiger partial charge in [-0.2, -0.15) is 4.98 Å². The number of ether oxygens (including phenoxy) is 3. The van der Waals surface area contributed by atoms with Gasteiger partial charge in [0, 0.05) is 81.2 Å². The minimum Gasteiger partial charge on any atom is -0.468 e. The Balaban J connectivity index is 0.864. The number of aliphatic hydroxyl groups is 1. The van der Waals surface area contributed by atoms with Crippen molar-refractivity contribution < 1.29 is 37.5 Å². The van der Waals surface area contributed by atoms with E-state index in [1.54, 1.807) is 6.07 Å². The molecule has 4 N–H and O–H groups in total. The molecule has 382 valence electrons. The molecule has 0 radical (unpaired) electrons. The Labute approximate surface area is 420 Å². The molecule has 0 bridgehead atoms. The van der Waals surface area contributed by atoms with Gasteiger partial charge >= 0.3 is 0 Å². The van der Waals surface area contributed by atoms with Gasteiger partial charge in [-0.3, -0.25) is 19.8 Å². The number of anilines is 4. The molecule has 1 saturated carbocycles. The van der Waals surface area contributed by atoms with Gasteiger partial charge in [0.1, 0.15) is 23.1 Å². The molecule has 3 aromatic carbocycles. The number of H-pyrrole nitrogens is 1. The second-order valence-electron chi connectivity index (χ2n) is 21.8. The van der Waals surface area contributed by atoms with E-state index in [1.165, 1.54) is 23.3 Å². The molecule has 72 heavy (non-hydrogen) atoms. The smallest absolute Gasteiger partial charge is 0.293 e. The van der Waals surface area contributed by atoms with Crippen molar-refractivity contribution in [1.29, 1.82) is 0 Å². The highest BCUT2D eigenvalue weighted by Gasteiger charge is 2.50. The zero-order chi connectivity index (χ0) is 49.9. The molecule has 1 aliphatic carbocycles. The summed E-state index contributed by atoms with van der Waals surface area (Å²) in [7, 11) is -4.62. The zero-order valence-corrected chi connectivity index (χ0v) is 42.2. The third-order valence-electron chi connectivity index (χ3n) is 16.6. The van der Waals surface area contributed by atoms with E-state index in [9.17, 15) is 28.4 Å². The second-order valence-corrected chi connectivity index (χ2v) is 23.5. The number of carbonyl (C=O) groups is 1. The van der Waals surface area contributed by atoms with Crippen molar-refractivity contribution in [1.82, 2.24) is 19.6 Å². The molecule has 11 rings (SSSR count). The van der Waals surface area contributed by atoms with Crippen LogP contribution < -0.4 is 24.6 Å². The standard InChI is InChI=1S/C54H66N8O9S/c1-34(2)39-6-4-5-7-40(39)42-30-69-24-15-44(42)60-32-54(33-60)19-22-59(23-20-54)37-8-10-41(46(27-37)61-45-16-25-70-31-49(45)71-52-48(61)26-36-14-21-55-50(36)57-52)51(63)58-72(67,68)38-9-11-43(47(28-38)62(65)66)56-29-35-12-17-53(3,64)18-13-35/h4-11,14,21,26-28,34-35,42,44-45,49,56,64H,12-13,15-20,22-25,29-33H2,1-3H3,(H,55,57)(H,58,63)/t35-,42-,44-,45-,49-,53-/m0/s1. The van der Waals surface area contributed by atoms with Gasteiger partial charge in [0.25, 0.3) is 21.6 Å². The maximum Gasteiger partial charge on any atom is 0.293 e. The summed E-state index contributed by atoms with van der Waals surface area (Å²) in [5.41, 5.74) is 4.88. The number of nitro benzene ring substituents is 1. The molecule has 1 spiro atoms. The highest BCUT2D eigenvalue weighted by Crippen LogP contribution is 2.49. The summed E-state index contributed by atoms with van der Waals surface area (Å²) in [4.78, 5) is 41.2. The number of benzene rings is 3. The van der Waals surface area contributed by atoms with Crippen molar-refractivity contribution in [3.63, 3.8) is 0 Å². The van der Waals surface area contributed by atoms with Crippen LogP contribution >= 0.6 is 0 Å². The molecule has 5 aromatic rings. The molecule has 2 aromatic heterocycles. The molecule has 4 saturated heterocycles. The van der Waals surface area contributed by atoms with E-state index < -0.39 is 43.1 Å². The normalized spacial score (nSPS) is 26.4. The van der Waals surface area contributed by atoms with Gasteiger partial charge in [0.05, 0.1) is 45.9 Å². The highest BCUT2D eigenvalue weighted by atomic mass is 32.2. The lowest BCUT2D eigenvalue weighted by atomic mass is 9.69. The van der Waals surface area contributed by atoms with Gasteiger partial charge in [0.15, 0.2) is 0 Å². The lowest BCUT2D eigenvalue weighted by molar-refractivity contribution is -0.384. The molecule has 18 heteroatoms. The summed E-state index contributed by atoms with van der Waals surface area (Å²) in [6.45, 7) is 12.8. The van der Waals surface area contributed by atoms with Crippen LogP contribution in [0.1, 0.15) is 105 Å².